The predicted octanol–water partition coefficient (Wildman–Crippen LogP) is 2.04. The van der Waals surface area contributed by atoms with Gasteiger partial charge in [-0.25, -0.2) is 5.48 Å². The Morgan fingerprint density at radius 1 is 1.50 bits per heavy atom. The lowest BCUT2D eigenvalue weighted by atomic mass is 9.95. The molecule has 0 spiro atoms. The fourth-order valence-corrected chi connectivity index (χ4v) is 3.67. The second kappa shape index (κ2) is 8.52. The Labute approximate surface area is 125 Å². The maximum atomic E-state index is 12.7. The lowest BCUT2D eigenvalue weighted by Gasteiger charge is -2.30. The van der Waals surface area contributed by atoms with Gasteiger partial charge in [-0.1, -0.05) is 19.8 Å². The highest BCUT2D eigenvalue weighted by Crippen LogP contribution is 2.28. The third kappa shape index (κ3) is 4.12. The van der Waals surface area contributed by atoms with Crippen molar-refractivity contribution in [1.29, 1.82) is 0 Å². The minimum atomic E-state index is -0.521. The molecule has 0 aromatic heterocycles. The van der Waals surface area contributed by atoms with Crippen LogP contribution < -0.4 is 5.48 Å². The van der Waals surface area contributed by atoms with Crippen LogP contribution in [0.15, 0.2) is 0 Å². The van der Waals surface area contributed by atoms with E-state index in [1.807, 2.05) is 4.90 Å². The number of carbonyl (C=O) groups excluding carboxylic acids is 2. The maximum absolute atomic E-state index is 12.7. The zero-order valence-electron chi connectivity index (χ0n) is 12.6. The molecule has 6 heteroatoms. The largest absolute Gasteiger partial charge is 0.340 e. The van der Waals surface area contributed by atoms with Crippen molar-refractivity contribution in [2.75, 3.05) is 12.8 Å². The first-order valence-electron chi connectivity index (χ1n) is 7.34. The number of nitrogens with one attached hydrogen (secondary N) is 1. The van der Waals surface area contributed by atoms with E-state index in [1.165, 1.54) is 11.8 Å². The van der Waals surface area contributed by atoms with E-state index in [1.54, 1.807) is 11.7 Å². The minimum Gasteiger partial charge on any atom is -0.340 e. The van der Waals surface area contributed by atoms with Gasteiger partial charge >= 0.3 is 0 Å². The summed E-state index contributed by atoms with van der Waals surface area (Å²) < 4.78 is 0. The number of rotatable bonds is 7. The second-order valence-electron chi connectivity index (χ2n) is 5.40. The van der Waals surface area contributed by atoms with Gasteiger partial charge in [-0.3, -0.25) is 14.8 Å². The number of hydrogen-bond donors (Lipinski definition) is 2. The molecule has 116 valence electrons. The monoisotopic (exact) mass is 302 g/mol. The molecular weight excluding hydrogens is 276 g/mol. The molecule has 0 unspecified atom stereocenters. The Hall–Kier alpha value is -0.750. The number of hydrogen-bond acceptors (Lipinski definition) is 4. The molecule has 5 nitrogen and oxygen atoms in total. The average molecular weight is 302 g/mol. The van der Waals surface area contributed by atoms with Gasteiger partial charge in [-0.2, -0.15) is 11.8 Å². The second-order valence-corrected chi connectivity index (χ2v) is 6.38. The number of nitrogens with zero attached hydrogens (tertiary/aromatic N) is 1. The third-order valence-corrected chi connectivity index (χ3v) is 5.06. The van der Waals surface area contributed by atoms with Crippen molar-refractivity contribution in [3.8, 4) is 0 Å². The van der Waals surface area contributed by atoms with Gasteiger partial charge in [0.2, 0.25) is 5.91 Å². The van der Waals surface area contributed by atoms with Crippen molar-refractivity contribution in [2.24, 2.45) is 5.92 Å². The number of hydroxylamine groups is 1. The van der Waals surface area contributed by atoms with Crippen LogP contribution in [0.3, 0.4) is 0 Å². The molecule has 0 aromatic rings. The van der Waals surface area contributed by atoms with Gasteiger partial charge in [-0.15, -0.1) is 0 Å². The summed E-state index contributed by atoms with van der Waals surface area (Å²) in [7, 11) is 0. The van der Waals surface area contributed by atoms with Gasteiger partial charge in [0.05, 0.1) is 11.2 Å². The topological polar surface area (TPSA) is 69.6 Å². The summed E-state index contributed by atoms with van der Waals surface area (Å²) >= 11 is 1.33. The fourth-order valence-electron chi connectivity index (χ4n) is 2.82. The van der Waals surface area contributed by atoms with Crippen LogP contribution in [0.4, 0.5) is 0 Å². The molecule has 0 radical (unpaired) electrons. The third-order valence-electron chi connectivity index (χ3n) is 4.01. The highest BCUT2D eigenvalue weighted by molar-refractivity contribution is 8.00. The van der Waals surface area contributed by atoms with E-state index in [0.717, 1.165) is 32.2 Å². The van der Waals surface area contributed by atoms with Gasteiger partial charge in [0.15, 0.2) is 0 Å². The molecule has 1 rings (SSSR count). The molecule has 0 aliphatic carbocycles. The summed E-state index contributed by atoms with van der Waals surface area (Å²) in [6.07, 6.45) is 6.46. The summed E-state index contributed by atoms with van der Waals surface area (Å²) in [5.74, 6) is -0.761. The molecule has 2 N–H and O–H groups in total. The van der Waals surface area contributed by atoms with Crippen molar-refractivity contribution in [2.45, 2.75) is 57.2 Å². The molecule has 1 saturated heterocycles. The summed E-state index contributed by atoms with van der Waals surface area (Å²) in [6.45, 7) is 4.91. The number of likely N-dealkylation sites (tertiary alicyclic amines) is 1. The van der Waals surface area contributed by atoms with Crippen molar-refractivity contribution >= 4 is 23.6 Å². The number of carbonyl (C=O) groups is 2. The van der Waals surface area contributed by atoms with Gasteiger partial charge in [0.1, 0.15) is 0 Å². The van der Waals surface area contributed by atoms with E-state index < -0.39 is 11.2 Å². The average Bonchev–Trinajstić information content (AvgIpc) is 2.88. The standard InChI is InChI=1S/C14H26N2O3S/c1-4-5-8-11(12(20-3)13(17)15-19)14(18)16-9-6-7-10(16)2/h10-12,19H,4-9H2,1-3H3,(H,15,17)/t10-,11-,12+/m1/s1. The minimum absolute atomic E-state index is 0.0615. The summed E-state index contributed by atoms with van der Waals surface area (Å²) in [6, 6.07) is 0.256. The van der Waals surface area contributed by atoms with E-state index in [9.17, 15) is 9.59 Å². The molecule has 0 aromatic carbocycles. The van der Waals surface area contributed by atoms with Crippen LogP contribution in [0.2, 0.25) is 0 Å². The van der Waals surface area contributed by atoms with Crippen LogP contribution in [0, 0.1) is 5.92 Å². The number of unbranched alkanes of at least 4 members (excludes halogenated alkanes) is 1. The van der Waals surface area contributed by atoms with E-state index >= 15 is 0 Å². The van der Waals surface area contributed by atoms with E-state index in [4.69, 9.17) is 5.21 Å². The zero-order chi connectivity index (χ0) is 15.1. The Balaban J connectivity index is 2.86. The Morgan fingerprint density at radius 2 is 2.20 bits per heavy atom. The Bertz CT molecular complexity index is 338. The van der Waals surface area contributed by atoms with Crippen LogP contribution in [-0.4, -0.2) is 46.0 Å². The molecule has 2 amide bonds. The fraction of sp³-hybridized carbons (Fsp3) is 0.857. The van der Waals surface area contributed by atoms with Crippen LogP contribution >= 0.6 is 11.8 Å². The number of thioether (sulfide) groups is 1. The molecular formula is C14H26N2O3S. The van der Waals surface area contributed by atoms with Gasteiger partial charge in [0, 0.05) is 12.6 Å². The lowest BCUT2D eigenvalue weighted by molar-refractivity contribution is -0.140. The van der Waals surface area contributed by atoms with Crippen LogP contribution in [0.5, 0.6) is 0 Å². The first-order chi connectivity index (χ1) is 9.56. The Kier molecular flexibility index (Phi) is 7.37. The normalized spacial score (nSPS) is 21.6. The SMILES string of the molecule is CCCC[C@@H](C(=O)N1CCC[C@H]1C)[C@H](SC)C(=O)NO. The molecule has 3 atom stereocenters. The van der Waals surface area contributed by atoms with Crippen LogP contribution in [-0.2, 0) is 9.59 Å². The summed E-state index contributed by atoms with van der Waals surface area (Å²) in [5, 5.41) is 8.35. The van der Waals surface area contributed by atoms with E-state index in [0.29, 0.717) is 6.42 Å². The predicted molar refractivity (Wildman–Crippen MR) is 80.7 cm³/mol. The van der Waals surface area contributed by atoms with E-state index in [2.05, 4.69) is 13.8 Å². The first kappa shape index (κ1) is 17.3. The lowest BCUT2D eigenvalue weighted by Crippen LogP contribution is -2.46. The van der Waals surface area contributed by atoms with E-state index in [-0.39, 0.29) is 17.9 Å². The van der Waals surface area contributed by atoms with Crippen LogP contribution in [0.25, 0.3) is 0 Å². The molecule has 1 fully saturated rings. The van der Waals surface area contributed by atoms with Gasteiger partial charge in [-0.05, 0) is 32.4 Å². The quantitative estimate of drug-likeness (QED) is 0.558. The summed E-state index contributed by atoms with van der Waals surface area (Å²) in [4.78, 5) is 26.4. The van der Waals surface area contributed by atoms with Crippen molar-refractivity contribution in [1.82, 2.24) is 10.4 Å². The number of amides is 2. The molecule has 1 aliphatic rings. The molecule has 1 heterocycles. The smallest absolute Gasteiger partial charge is 0.257 e. The highest BCUT2D eigenvalue weighted by atomic mass is 32.2. The summed E-state index contributed by atoms with van der Waals surface area (Å²) in [5.41, 5.74) is 1.70. The molecule has 20 heavy (non-hydrogen) atoms. The van der Waals surface area contributed by atoms with Gasteiger partial charge < -0.3 is 4.90 Å². The molecule has 0 saturated carbocycles. The van der Waals surface area contributed by atoms with Crippen LogP contribution in [0.1, 0.15) is 46.0 Å². The van der Waals surface area contributed by atoms with Gasteiger partial charge in [0.25, 0.3) is 5.91 Å². The maximum Gasteiger partial charge on any atom is 0.257 e. The zero-order valence-corrected chi connectivity index (χ0v) is 13.4. The Morgan fingerprint density at radius 3 is 2.65 bits per heavy atom. The molecule has 0 bridgehead atoms. The first-order valence-corrected chi connectivity index (χ1v) is 8.62. The van der Waals surface area contributed by atoms with Crippen molar-refractivity contribution in [3.63, 3.8) is 0 Å². The van der Waals surface area contributed by atoms with Crippen molar-refractivity contribution < 1.29 is 14.8 Å². The van der Waals surface area contributed by atoms with Crippen molar-refractivity contribution in [3.05, 3.63) is 0 Å². The molecule has 1 aliphatic heterocycles. The highest BCUT2D eigenvalue weighted by Gasteiger charge is 2.37.